The fourth-order valence-electron chi connectivity index (χ4n) is 2.51. The molecule has 0 spiro atoms. The van der Waals surface area contributed by atoms with Crippen molar-refractivity contribution in [3.05, 3.63) is 23.8 Å². The number of methoxy groups -OCH3 is 2. The van der Waals surface area contributed by atoms with Gasteiger partial charge >= 0.3 is 0 Å². The minimum Gasteiger partial charge on any atom is -0.493 e. The van der Waals surface area contributed by atoms with Gasteiger partial charge < -0.3 is 14.4 Å². The zero-order valence-electron chi connectivity index (χ0n) is 11.8. The summed E-state index contributed by atoms with van der Waals surface area (Å²) in [4.78, 5) is 14.1. The summed E-state index contributed by atoms with van der Waals surface area (Å²) in [5, 5.41) is 0.114. The van der Waals surface area contributed by atoms with Crippen LogP contribution in [0.5, 0.6) is 11.5 Å². The second-order valence-electron chi connectivity index (χ2n) is 5.27. The molecule has 5 heteroatoms. The van der Waals surface area contributed by atoms with Gasteiger partial charge in [0.1, 0.15) is 5.37 Å². The molecule has 0 radical (unpaired) electrons. The molecular formula is C15H19NO3S. The standard InChI is InChI=1S/C15H19NO3S/c1-18-12-6-5-11(7-13(12)19-2)15-16(8-10-3-4-10)14(17)9-20-15/h5-7,10,15H,3-4,8-9H2,1-2H3. The molecule has 1 atom stereocenters. The Bertz CT molecular complexity index is 516. The van der Waals surface area contributed by atoms with E-state index in [1.54, 1.807) is 26.0 Å². The molecule has 1 aliphatic heterocycles. The maximum Gasteiger partial charge on any atom is 0.233 e. The number of hydrogen-bond acceptors (Lipinski definition) is 4. The van der Waals surface area contributed by atoms with Crippen LogP contribution in [-0.4, -0.2) is 37.3 Å². The van der Waals surface area contributed by atoms with Crippen LogP contribution in [0.25, 0.3) is 0 Å². The second-order valence-corrected chi connectivity index (χ2v) is 6.34. The summed E-state index contributed by atoms with van der Waals surface area (Å²) >= 11 is 1.69. The smallest absolute Gasteiger partial charge is 0.233 e. The van der Waals surface area contributed by atoms with Crippen LogP contribution >= 0.6 is 11.8 Å². The van der Waals surface area contributed by atoms with Crippen LogP contribution in [0.15, 0.2) is 18.2 Å². The number of carbonyl (C=O) groups is 1. The molecule has 20 heavy (non-hydrogen) atoms. The average Bonchev–Trinajstić information content (AvgIpc) is 3.22. The first kappa shape index (κ1) is 13.6. The lowest BCUT2D eigenvalue weighted by Gasteiger charge is -2.24. The topological polar surface area (TPSA) is 38.8 Å². The van der Waals surface area contributed by atoms with E-state index in [1.165, 1.54) is 12.8 Å². The molecule has 1 saturated heterocycles. The van der Waals surface area contributed by atoms with E-state index < -0.39 is 0 Å². The lowest BCUT2D eigenvalue weighted by molar-refractivity contribution is -0.128. The van der Waals surface area contributed by atoms with E-state index in [-0.39, 0.29) is 11.3 Å². The van der Waals surface area contributed by atoms with Gasteiger partial charge in [0.15, 0.2) is 11.5 Å². The molecule has 1 amide bonds. The summed E-state index contributed by atoms with van der Waals surface area (Å²) in [5.41, 5.74) is 1.11. The maximum atomic E-state index is 12.0. The Morgan fingerprint density at radius 2 is 2.00 bits per heavy atom. The molecule has 0 bridgehead atoms. The Kier molecular flexibility index (Phi) is 3.78. The van der Waals surface area contributed by atoms with Crippen molar-refractivity contribution in [3.8, 4) is 11.5 Å². The quantitative estimate of drug-likeness (QED) is 0.836. The van der Waals surface area contributed by atoms with Crippen molar-refractivity contribution in [2.45, 2.75) is 18.2 Å². The van der Waals surface area contributed by atoms with Gasteiger partial charge in [-0.3, -0.25) is 4.79 Å². The summed E-state index contributed by atoms with van der Waals surface area (Å²) in [7, 11) is 3.27. The molecule has 0 aromatic heterocycles. The number of amides is 1. The number of nitrogens with zero attached hydrogens (tertiary/aromatic N) is 1. The van der Waals surface area contributed by atoms with Crippen molar-refractivity contribution >= 4 is 17.7 Å². The Morgan fingerprint density at radius 1 is 1.25 bits per heavy atom. The molecule has 1 saturated carbocycles. The number of carbonyl (C=O) groups excluding carboxylic acids is 1. The minimum atomic E-state index is 0.114. The van der Waals surface area contributed by atoms with Crippen LogP contribution < -0.4 is 9.47 Å². The van der Waals surface area contributed by atoms with Crippen LogP contribution in [0.2, 0.25) is 0 Å². The van der Waals surface area contributed by atoms with Gasteiger partial charge in [-0.1, -0.05) is 6.07 Å². The van der Waals surface area contributed by atoms with Crippen molar-refractivity contribution in [1.82, 2.24) is 4.90 Å². The molecular weight excluding hydrogens is 274 g/mol. The maximum absolute atomic E-state index is 12.0. The average molecular weight is 293 g/mol. The highest BCUT2D eigenvalue weighted by molar-refractivity contribution is 8.00. The molecule has 2 fully saturated rings. The highest BCUT2D eigenvalue weighted by Crippen LogP contribution is 2.43. The van der Waals surface area contributed by atoms with Gasteiger partial charge in [0.05, 0.1) is 20.0 Å². The van der Waals surface area contributed by atoms with Crippen molar-refractivity contribution in [1.29, 1.82) is 0 Å². The first-order valence-corrected chi connectivity index (χ1v) is 7.91. The lowest BCUT2D eigenvalue weighted by atomic mass is 10.1. The zero-order chi connectivity index (χ0) is 14.1. The fourth-order valence-corrected chi connectivity index (χ4v) is 3.70. The van der Waals surface area contributed by atoms with E-state index in [0.29, 0.717) is 11.7 Å². The van der Waals surface area contributed by atoms with Gasteiger partial charge in [0, 0.05) is 6.54 Å². The molecule has 0 N–H and O–H groups in total. The highest BCUT2D eigenvalue weighted by atomic mass is 32.2. The molecule has 1 aromatic carbocycles. The molecule has 3 rings (SSSR count). The molecule has 1 aromatic rings. The third kappa shape index (κ3) is 2.59. The molecule has 4 nitrogen and oxygen atoms in total. The monoisotopic (exact) mass is 293 g/mol. The molecule has 1 unspecified atom stereocenters. The Hall–Kier alpha value is -1.36. The Morgan fingerprint density at radius 3 is 2.65 bits per heavy atom. The SMILES string of the molecule is COc1ccc(C2SCC(=O)N2CC2CC2)cc1OC. The van der Waals surface area contributed by atoms with Crippen molar-refractivity contribution in [3.63, 3.8) is 0 Å². The third-order valence-corrected chi connectivity index (χ3v) is 5.07. The van der Waals surface area contributed by atoms with Crippen LogP contribution in [0, 0.1) is 5.92 Å². The normalized spacial score (nSPS) is 22.2. The van der Waals surface area contributed by atoms with Gasteiger partial charge in [-0.15, -0.1) is 11.8 Å². The van der Waals surface area contributed by atoms with Gasteiger partial charge in [0.2, 0.25) is 5.91 Å². The van der Waals surface area contributed by atoms with Gasteiger partial charge in [-0.05, 0) is 36.5 Å². The third-order valence-electron chi connectivity index (χ3n) is 3.81. The van der Waals surface area contributed by atoms with Gasteiger partial charge in [-0.25, -0.2) is 0 Å². The summed E-state index contributed by atoms with van der Waals surface area (Å²) in [6.45, 7) is 0.894. The van der Waals surface area contributed by atoms with Crippen molar-refractivity contribution in [2.75, 3.05) is 26.5 Å². The predicted molar refractivity (Wildman–Crippen MR) is 79.2 cm³/mol. The van der Waals surface area contributed by atoms with Gasteiger partial charge in [-0.2, -0.15) is 0 Å². The predicted octanol–water partition coefficient (Wildman–Crippen LogP) is 2.69. The Labute approximate surface area is 123 Å². The van der Waals surface area contributed by atoms with E-state index >= 15 is 0 Å². The van der Waals surface area contributed by atoms with E-state index in [9.17, 15) is 4.79 Å². The van der Waals surface area contributed by atoms with E-state index in [4.69, 9.17) is 9.47 Å². The molecule has 2 aliphatic rings. The first-order valence-electron chi connectivity index (χ1n) is 6.86. The van der Waals surface area contributed by atoms with Gasteiger partial charge in [0.25, 0.3) is 0 Å². The van der Waals surface area contributed by atoms with E-state index in [1.807, 2.05) is 23.1 Å². The summed E-state index contributed by atoms with van der Waals surface area (Å²) in [5.74, 6) is 2.98. The zero-order valence-corrected chi connectivity index (χ0v) is 12.6. The van der Waals surface area contributed by atoms with Crippen molar-refractivity contribution in [2.24, 2.45) is 5.92 Å². The highest BCUT2D eigenvalue weighted by Gasteiger charge is 2.37. The van der Waals surface area contributed by atoms with Crippen LogP contribution in [0.4, 0.5) is 0 Å². The summed E-state index contributed by atoms with van der Waals surface area (Å²) < 4.78 is 10.6. The molecule has 1 aliphatic carbocycles. The Balaban J connectivity index is 1.84. The van der Waals surface area contributed by atoms with E-state index in [0.717, 1.165) is 23.6 Å². The van der Waals surface area contributed by atoms with Crippen molar-refractivity contribution < 1.29 is 14.3 Å². The van der Waals surface area contributed by atoms with Crippen LogP contribution in [0.3, 0.4) is 0 Å². The number of thioether (sulfide) groups is 1. The first-order chi connectivity index (χ1) is 9.72. The lowest BCUT2D eigenvalue weighted by Crippen LogP contribution is -2.30. The minimum absolute atomic E-state index is 0.114. The fraction of sp³-hybridized carbons (Fsp3) is 0.533. The number of rotatable bonds is 5. The summed E-state index contributed by atoms with van der Waals surface area (Å²) in [6.07, 6.45) is 2.51. The van der Waals surface area contributed by atoms with Crippen LogP contribution in [-0.2, 0) is 4.79 Å². The van der Waals surface area contributed by atoms with Crippen LogP contribution in [0.1, 0.15) is 23.8 Å². The second kappa shape index (κ2) is 5.56. The molecule has 1 heterocycles. The largest absolute Gasteiger partial charge is 0.493 e. The number of hydrogen-bond donors (Lipinski definition) is 0. The van der Waals surface area contributed by atoms with E-state index in [2.05, 4.69) is 0 Å². The number of ether oxygens (including phenoxy) is 2. The molecule has 108 valence electrons. The number of benzene rings is 1. The summed E-state index contributed by atoms with van der Waals surface area (Å²) in [6, 6.07) is 5.92.